The van der Waals surface area contributed by atoms with Crippen molar-refractivity contribution in [3.05, 3.63) is 94.1 Å². The number of aromatic nitrogens is 6. The van der Waals surface area contributed by atoms with Crippen LogP contribution < -0.4 is 0 Å². The molecule has 4 aliphatic rings. The van der Waals surface area contributed by atoms with Gasteiger partial charge >= 0.3 is 11.9 Å². The second kappa shape index (κ2) is 16.0. The number of carbonyl (C=O) groups excluding carboxylic acids is 4. The largest absolute Gasteiger partial charge is 0.465 e. The molecule has 0 aliphatic heterocycles. The molecule has 324 valence electrons. The van der Waals surface area contributed by atoms with E-state index in [2.05, 4.69) is 99.8 Å². The van der Waals surface area contributed by atoms with Crippen LogP contribution in [0.1, 0.15) is 179 Å². The Morgan fingerprint density at radius 3 is 1.41 bits per heavy atom. The molecule has 12 heteroatoms. The maximum atomic E-state index is 14.2. The molecular weight excluding hydrogens is 769 g/mol. The number of fused-ring (bicyclic) bond motifs is 6. The van der Waals surface area contributed by atoms with E-state index in [1.807, 2.05) is 0 Å². The highest BCUT2D eigenvalue weighted by molar-refractivity contribution is 5.98. The van der Waals surface area contributed by atoms with E-state index in [4.69, 9.17) is 9.47 Å². The zero-order valence-corrected chi connectivity index (χ0v) is 37.3. The number of carbonyl (C=O) groups is 4. The van der Waals surface area contributed by atoms with Gasteiger partial charge in [-0.25, -0.2) is 9.97 Å². The molecule has 12 nitrogen and oxygen atoms in total. The van der Waals surface area contributed by atoms with E-state index < -0.39 is 10.8 Å². The summed E-state index contributed by atoms with van der Waals surface area (Å²) >= 11 is 0. The molecule has 0 radical (unpaired) electrons. The zero-order valence-electron chi connectivity index (χ0n) is 37.3. The third-order valence-electron chi connectivity index (χ3n) is 15.7. The molecule has 2 saturated carbocycles. The van der Waals surface area contributed by atoms with Gasteiger partial charge in [0.05, 0.1) is 24.0 Å². The molecular formula is C49H62N6O6. The van der Waals surface area contributed by atoms with Crippen LogP contribution in [0.2, 0.25) is 0 Å². The average Bonchev–Trinajstić information content (AvgIpc) is 3.98. The number of rotatable bonds is 10. The molecule has 6 atom stereocenters. The van der Waals surface area contributed by atoms with Gasteiger partial charge in [-0.15, -0.1) is 0 Å². The summed E-state index contributed by atoms with van der Waals surface area (Å²) in [4.78, 5) is 63.7. The summed E-state index contributed by atoms with van der Waals surface area (Å²) in [6.45, 7) is 17.4. The Morgan fingerprint density at radius 2 is 1.05 bits per heavy atom. The van der Waals surface area contributed by atoms with Gasteiger partial charge in [0.25, 0.3) is 11.8 Å². The predicted octanol–water partition coefficient (Wildman–Crippen LogP) is 8.69. The SMILES string of the molecule is CC(C)c1cc2c(cc1C(=O)n1cncn1)C1(C)CCCC(C)(C(=O)OCCCOC(=O)C3(C)CCCC4(C)c5cc(C(=O)n6cncn6)c(C(C)C)cc5CCC34)C1CC2. The van der Waals surface area contributed by atoms with E-state index >= 15 is 0 Å². The van der Waals surface area contributed by atoms with Gasteiger partial charge in [0.15, 0.2) is 0 Å². The fraction of sp³-hybridized carbons (Fsp3) is 0.592. The highest BCUT2D eigenvalue weighted by Crippen LogP contribution is 2.59. The Morgan fingerprint density at radius 1 is 0.639 bits per heavy atom. The quantitative estimate of drug-likeness (QED) is 0.112. The van der Waals surface area contributed by atoms with Gasteiger partial charge in [-0.3, -0.25) is 19.2 Å². The first kappa shape index (κ1) is 42.7. The maximum absolute atomic E-state index is 14.2. The second-order valence-electron chi connectivity index (χ2n) is 20.0. The fourth-order valence-corrected chi connectivity index (χ4v) is 12.5. The van der Waals surface area contributed by atoms with Crippen LogP contribution in [-0.2, 0) is 42.7 Å². The number of esters is 2. The van der Waals surface area contributed by atoms with Crippen molar-refractivity contribution in [3.63, 3.8) is 0 Å². The lowest BCUT2D eigenvalue weighted by atomic mass is 9.49. The van der Waals surface area contributed by atoms with Crippen molar-refractivity contribution in [1.82, 2.24) is 29.5 Å². The van der Waals surface area contributed by atoms with Crippen LogP contribution >= 0.6 is 0 Å². The third-order valence-corrected chi connectivity index (χ3v) is 15.7. The number of hydrogen-bond acceptors (Lipinski definition) is 10. The lowest BCUT2D eigenvalue weighted by molar-refractivity contribution is -0.167. The molecule has 2 aromatic carbocycles. The molecule has 2 aromatic heterocycles. The first-order valence-corrected chi connectivity index (χ1v) is 22.5. The summed E-state index contributed by atoms with van der Waals surface area (Å²) < 4.78 is 14.7. The van der Waals surface area contributed by atoms with Gasteiger partial charge in [0.2, 0.25) is 0 Å². The topological polar surface area (TPSA) is 148 Å². The molecule has 6 unspecified atom stereocenters. The molecule has 0 N–H and O–H groups in total. The van der Waals surface area contributed by atoms with E-state index in [-0.39, 0.29) is 71.5 Å². The monoisotopic (exact) mass is 830 g/mol. The number of benzene rings is 2. The van der Waals surface area contributed by atoms with Crippen molar-refractivity contribution in [3.8, 4) is 0 Å². The minimum atomic E-state index is -0.693. The van der Waals surface area contributed by atoms with E-state index in [0.717, 1.165) is 86.5 Å². The minimum absolute atomic E-state index is 0.0423. The van der Waals surface area contributed by atoms with Crippen molar-refractivity contribution in [2.24, 2.45) is 22.7 Å². The molecule has 8 rings (SSSR count). The minimum Gasteiger partial charge on any atom is -0.465 e. The summed E-state index contributed by atoms with van der Waals surface area (Å²) in [5.74, 6) is -0.412. The van der Waals surface area contributed by atoms with Crippen LogP contribution in [0.25, 0.3) is 0 Å². The third kappa shape index (κ3) is 7.15. The number of nitrogens with zero attached hydrogens (tertiary/aromatic N) is 6. The summed E-state index contributed by atoms with van der Waals surface area (Å²) in [6.07, 6.45) is 14.5. The van der Waals surface area contributed by atoms with Crippen molar-refractivity contribution in [2.45, 2.75) is 149 Å². The lowest BCUT2D eigenvalue weighted by Crippen LogP contribution is -2.53. The van der Waals surface area contributed by atoms with Gasteiger partial charge in [-0.1, -0.05) is 66.5 Å². The first-order chi connectivity index (χ1) is 29.0. The van der Waals surface area contributed by atoms with E-state index in [0.29, 0.717) is 17.5 Å². The van der Waals surface area contributed by atoms with Crippen molar-refractivity contribution in [1.29, 1.82) is 0 Å². The van der Waals surface area contributed by atoms with Gasteiger partial charge < -0.3 is 9.47 Å². The lowest BCUT2D eigenvalue weighted by Gasteiger charge is -2.54. The normalized spacial score (nSPS) is 28.0. The number of hydrogen-bond donors (Lipinski definition) is 0. The molecule has 0 amide bonds. The molecule has 0 bridgehead atoms. The van der Waals surface area contributed by atoms with Gasteiger partial charge in [-0.05, 0) is 145 Å². The number of aryl methyl sites for hydroxylation is 2. The zero-order chi connectivity index (χ0) is 43.5. The molecule has 2 fully saturated rings. The van der Waals surface area contributed by atoms with Gasteiger partial charge in [-0.2, -0.15) is 19.6 Å². The predicted molar refractivity (Wildman–Crippen MR) is 229 cm³/mol. The maximum Gasteiger partial charge on any atom is 0.312 e. The summed E-state index contributed by atoms with van der Waals surface area (Å²) in [5, 5.41) is 8.26. The van der Waals surface area contributed by atoms with E-state index in [9.17, 15) is 19.2 Å². The Labute approximate surface area is 359 Å². The first-order valence-electron chi connectivity index (χ1n) is 22.5. The Hall–Kier alpha value is -5.00. The standard InChI is InChI=1S/C49H62N6O6/c1-30(2)34-22-32-12-14-40-46(5,38(32)24-36(34)42(56)54-28-50-26-52-54)16-9-18-48(40,7)44(58)60-20-11-21-61-45(59)49(8)19-10-17-47(6)39-25-37(43(57)55-29-51-27-53-55)35(31(3)4)23-33(39)13-15-41(47)49/h22-31,40-41H,9-21H2,1-8H3. The van der Waals surface area contributed by atoms with Crippen LogP contribution in [-0.4, -0.2) is 66.5 Å². The second-order valence-corrected chi connectivity index (χ2v) is 20.0. The fourth-order valence-electron chi connectivity index (χ4n) is 12.5. The Balaban J connectivity index is 0.926. The Kier molecular flexibility index (Phi) is 11.2. The van der Waals surface area contributed by atoms with E-state index in [1.54, 1.807) is 0 Å². The Bertz CT molecular complexity index is 2170. The molecule has 2 heterocycles. The highest BCUT2D eigenvalue weighted by Gasteiger charge is 2.57. The molecule has 4 aromatic rings. The van der Waals surface area contributed by atoms with Crippen molar-refractivity contribution in [2.75, 3.05) is 13.2 Å². The summed E-state index contributed by atoms with van der Waals surface area (Å²) in [7, 11) is 0. The smallest absolute Gasteiger partial charge is 0.312 e. The van der Waals surface area contributed by atoms with Crippen LogP contribution in [0.4, 0.5) is 0 Å². The summed E-state index contributed by atoms with van der Waals surface area (Å²) in [5.41, 5.74) is 6.08. The molecule has 61 heavy (non-hydrogen) atoms. The van der Waals surface area contributed by atoms with Crippen LogP contribution in [0, 0.1) is 22.7 Å². The van der Waals surface area contributed by atoms with Crippen LogP contribution in [0.15, 0.2) is 49.6 Å². The van der Waals surface area contributed by atoms with E-state index in [1.165, 1.54) is 45.8 Å². The van der Waals surface area contributed by atoms with Crippen LogP contribution in [0.5, 0.6) is 0 Å². The molecule has 0 spiro atoms. The number of ether oxygens (including phenoxy) is 2. The summed E-state index contributed by atoms with van der Waals surface area (Å²) in [6, 6.07) is 8.58. The van der Waals surface area contributed by atoms with Crippen molar-refractivity contribution < 1.29 is 28.7 Å². The molecule has 0 saturated heterocycles. The van der Waals surface area contributed by atoms with Crippen LogP contribution in [0.3, 0.4) is 0 Å². The molecule has 4 aliphatic carbocycles. The highest BCUT2D eigenvalue weighted by atomic mass is 16.5. The van der Waals surface area contributed by atoms with Gasteiger partial charge in [0, 0.05) is 17.5 Å². The van der Waals surface area contributed by atoms with Gasteiger partial charge in [0.1, 0.15) is 25.3 Å². The average molecular weight is 831 g/mol. The van der Waals surface area contributed by atoms with Crippen molar-refractivity contribution >= 4 is 23.8 Å².